The molecule has 1 aliphatic rings. The van der Waals surface area contributed by atoms with Crippen molar-refractivity contribution < 1.29 is 27.5 Å². The van der Waals surface area contributed by atoms with Gasteiger partial charge in [0.1, 0.15) is 0 Å². The van der Waals surface area contributed by atoms with Gasteiger partial charge in [0.05, 0.1) is 29.7 Å². The molecule has 0 saturated heterocycles. The molecule has 8 nitrogen and oxygen atoms in total. The third-order valence-corrected chi connectivity index (χ3v) is 6.57. The van der Waals surface area contributed by atoms with Crippen LogP contribution in [-0.4, -0.2) is 55.7 Å². The first kappa shape index (κ1) is 22.2. The largest absolute Gasteiger partial charge is 0.452 e. The van der Waals surface area contributed by atoms with Crippen molar-refractivity contribution in [2.75, 3.05) is 20.2 Å². The molecule has 2 aromatic carbocycles. The minimum Gasteiger partial charge on any atom is -0.452 e. The Labute approximate surface area is 180 Å². The Hall–Kier alpha value is -3.46. The summed E-state index contributed by atoms with van der Waals surface area (Å²) >= 11 is 0. The van der Waals surface area contributed by atoms with Crippen LogP contribution in [-0.2, 0) is 14.8 Å². The van der Waals surface area contributed by atoms with E-state index in [1.807, 2.05) is 6.92 Å². The number of imide groups is 1. The van der Waals surface area contributed by atoms with Gasteiger partial charge >= 0.3 is 6.09 Å². The molecule has 0 fully saturated rings. The van der Waals surface area contributed by atoms with E-state index in [0.717, 1.165) is 17.6 Å². The van der Waals surface area contributed by atoms with Crippen molar-refractivity contribution >= 4 is 27.9 Å². The van der Waals surface area contributed by atoms with Gasteiger partial charge in [-0.15, -0.1) is 0 Å². The molecule has 9 heteroatoms. The molecule has 0 N–H and O–H groups in total. The molecule has 2 aromatic rings. The van der Waals surface area contributed by atoms with Crippen molar-refractivity contribution in [3.05, 3.63) is 77.4 Å². The van der Waals surface area contributed by atoms with E-state index in [1.165, 1.54) is 18.2 Å². The van der Waals surface area contributed by atoms with E-state index in [9.17, 15) is 22.8 Å². The second-order valence-corrected chi connectivity index (χ2v) is 8.75. The van der Waals surface area contributed by atoms with Crippen LogP contribution < -0.4 is 0 Å². The number of hydrogen-bond acceptors (Lipinski definition) is 6. The highest BCUT2D eigenvalue weighted by atomic mass is 32.2. The lowest BCUT2D eigenvalue weighted by molar-refractivity contribution is 0.0657. The molecule has 0 radical (unpaired) electrons. The molecule has 0 saturated carbocycles. The number of amides is 3. The average Bonchev–Trinajstić information content (AvgIpc) is 3.00. The molecular formula is C22H22N2O6S. The van der Waals surface area contributed by atoms with Gasteiger partial charge in [0, 0.05) is 6.54 Å². The van der Waals surface area contributed by atoms with Gasteiger partial charge in [-0.3, -0.25) is 14.5 Å². The van der Waals surface area contributed by atoms with Crippen LogP contribution in [0.3, 0.4) is 0 Å². The van der Waals surface area contributed by atoms with Crippen LogP contribution in [0.15, 0.2) is 65.6 Å². The summed E-state index contributed by atoms with van der Waals surface area (Å²) in [6.45, 7) is 1.72. The second kappa shape index (κ2) is 9.13. The smallest absolute Gasteiger partial charge is 0.423 e. The van der Waals surface area contributed by atoms with Gasteiger partial charge in [0.25, 0.3) is 21.8 Å². The molecule has 1 heterocycles. The Morgan fingerprint density at radius 3 is 2.13 bits per heavy atom. The van der Waals surface area contributed by atoms with Gasteiger partial charge in [-0.2, -0.15) is 4.31 Å². The van der Waals surface area contributed by atoms with E-state index in [0.29, 0.717) is 21.9 Å². The van der Waals surface area contributed by atoms with Gasteiger partial charge < -0.3 is 4.74 Å². The fraction of sp³-hybridized carbons (Fsp3) is 0.227. The number of ether oxygens (including phenoxy) is 1. The third kappa shape index (κ3) is 4.51. The van der Waals surface area contributed by atoms with Crippen LogP contribution in [0, 0.1) is 6.92 Å². The summed E-state index contributed by atoms with van der Waals surface area (Å²) in [6.07, 6.45) is 2.40. The van der Waals surface area contributed by atoms with Crippen molar-refractivity contribution in [3.63, 3.8) is 0 Å². The second-order valence-electron chi connectivity index (χ2n) is 6.89. The molecule has 0 bridgehead atoms. The van der Waals surface area contributed by atoms with E-state index in [-0.39, 0.29) is 29.8 Å². The molecule has 3 rings (SSSR count). The Bertz CT molecular complexity index is 1100. The quantitative estimate of drug-likeness (QED) is 0.483. The average molecular weight is 442 g/mol. The lowest BCUT2D eigenvalue weighted by Gasteiger charge is -2.19. The maximum Gasteiger partial charge on any atom is 0.423 e. The normalized spacial score (nSPS) is 13.5. The van der Waals surface area contributed by atoms with Crippen molar-refractivity contribution in [2.45, 2.75) is 18.2 Å². The molecule has 1 aliphatic heterocycles. The first-order chi connectivity index (χ1) is 14.8. The minimum atomic E-state index is -4.10. The number of fused-ring (bicyclic) bond motifs is 1. The first-order valence-electron chi connectivity index (χ1n) is 9.55. The van der Waals surface area contributed by atoms with Crippen LogP contribution in [0.2, 0.25) is 0 Å². The van der Waals surface area contributed by atoms with Crippen LogP contribution in [0.1, 0.15) is 32.7 Å². The lowest BCUT2D eigenvalue weighted by atomic mass is 10.1. The van der Waals surface area contributed by atoms with Gasteiger partial charge in [-0.05, 0) is 37.6 Å². The Morgan fingerprint density at radius 2 is 1.58 bits per heavy atom. The SMILES string of the molecule is COC(=O)N(C/C=C/CCN1C(=O)c2ccccc2C1=O)S(=O)(=O)c1ccc(C)cc1. The number of sulfonamides is 1. The summed E-state index contributed by atoms with van der Waals surface area (Å²) in [5, 5.41) is 0. The molecule has 0 spiro atoms. The predicted molar refractivity (Wildman–Crippen MR) is 113 cm³/mol. The van der Waals surface area contributed by atoms with E-state index in [4.69, 9.17) is 0 Å². The number of carbonyl (C=O) groups excluding carboxylic acids is 3. The van der Waals surface area contributed by atoms with E-state index in [2.05, 4.69) is 4.74 Å². The molecule has 3 amide bonds. The van der Waals surface area contributed by atoms with Crippen LogP contribution in [0.5, 0.6) is 0 Å². The number of nitrogens with zero attached hydrogens (tertiary/aromatic N) is 2. The number of aryl methyl sites for hydroxylation is 1. The summed E-state index contributed by atoms with van der Waals surface area (Å²) in [5.74, 6) is -0.709. The zero-order valence-electron chi connectivity index (χ0n) is 17.1. The van der Waals surface area contributed by atoms with Crippen molar-refractivity contribution in [3.8, 4) is 0 Å². The van der Waals surface area contributed by atoms with E-state index >= 15 is 0 Å². The van der Waals surface area contributed by atoms with Crippen LogP contribution >= 0.6 is 0 Å². The van der Waals surface area contributed by atoms with E-state index in [1.54, 1.807) is 42.5 Å². The molecular weight excluding hydrogens is 420 g/mol. The third-order valence-electron chi connectivity index (χ3n) is 4.82. The van der Waals surface area contributed by atoms with Crippen LogP contribution in [0.4, 0.5) is 4.79 Å². The predicted octanol–water partition coefficient (Wildman–Crippen LogP) is 2.99. The summed E-state index contributed by atoms with van der Waals surface area (Å²) < 4.78 is 30.9. The first-order valence-corrected chi connectivity index (χ1v) is 11.0. The minimum absolute atomic E-state index is 0.0251. The van der Waals surface area contributed by atoms with Crippen molar-refractivity contribution in [1.82, 2.24) is 9.21 Å². The fourth-order valence-corrected chi connectivity index (χ4v) is 4.43. The highest BCUT2D eigenvalue weighted by Gasteiger charge is 2.34. The fourth-order valence-electron chi connectivity index (χ4n) is 3.14. The molecule has 0 aromatic heterocycles. The van der Waals surface area contributed by atoms with Gasteiger partial charge in [0.15, 0.2) is 0 Å². The molecule has 0 unspecified atom stereocenters. The number of benzene rings is 2. The Morgan fingerprint density at radius 1 is 1.00 bits per heavy atom. The number of methoxy groups -OCH3 is 1. The summed E-state index contributed by atoms with van der Waals surface area (Å²) in [7, 11) is -2.99. The van der Waals surface area contributed by atoms with Crippen LogP contribution in [0.25, 0.3) is 0 Å². The Kier molecular flexibility index (Phi) is 6.55. The molecule has 31 heavy (non-hydrogen) atoms. The standard InChI is InChI=1S/C22H22N2O6S/c1-16-10-12-17(13-11-16)31(28,29)24(22(27)30-2)15-7-3-6-14-23-20(25)18-8-4-5-9-19(18)21(23)26/h3-5,7-13H,6,14-15H2,1-2H3/b7-3+. The van der Waals surface area contributed by atoms with Gasteiger partial charge in [-0.1, -0.05) is 42.0 Å². The van der Waals surface area contributed by atoms with Gasteiger partial charge in [-0.25, -0.2) is 13.2 Å². The molecule has 162 valence electrons. The number of rotatable bonds is 7. The summed E-state index contributed by atoms with van der Waals surface area (Å²) in [5.41, 5.74) is 1.63. The summed E-state index contributed by atoms with van der Waals surface area (Å²) in [6, 6.07) is 12.7. The zero-order chi connectivity index (χ0) is 22.6. The maximum absolute atomic E-state index is 12.8. The van der Waals surface area contributed by atoms with Crippen molar-refractivity contribution in [2.24, 2.45) is 0 Å². The molecule has 0 aliphatic carbocycles. The van der Waals surface area contributed by atoms with Crippen molar-refractivity contribution in [1.29, 1.82) is 0 Å². The maximum atomic E-state index is 12.8. The highest BCUT2D eigenvalue weighted by molar-refractivity contribution is 7.89. The number of carbonyl (C=O) groups is 3. The lowest BCUT2D eigenvalue weighted by Crippen LogP contribution is -2.37. The monoisotopic (exact) mass is 442 g/mol. The zero-order valence-corrected chi connectivity index (χ0v) is 18.0. The van der Waals surface area contributed by atoms with E-state index < -0.39 is 16.1 Å². The summed E-state index contributed by atoms with van der Waals surface area (Å²) in [4.78, 5) is 37.9. The van der Waals surface area contributed by atoms with Gasteiger partial charge in [0.2, 0.25) is 0 Å². The topological polar surface area (TPSA) is 101 Å². The molecule has 0 atom stereocenters. The highest BCUT2D eigenvalue weighted by Crippen LogP contribution is 2.22. The number of hydrogen-bond donors (Lipinski definition) is 0. The Balaban J connectivity index is 1.65.